The highest BCUT2D eigenvalue weighted by Gasteiger charge is 2.25. The number of amides is 1. The fraction of sp³-hybridized carbons (Fsp3) is 0.167. The first-order chi connectivity index (χ1) is 15.7. The van der Waals surface area contributed by atoms with Gasteiger partial charge in [0.05, 0.1) is 30.2 Å². The van der Waals surface area contributed by atoms with E-state index < -0.39 is 27.9 Å². The minimum atomic E-state index is -3.90. The summed E-state index contributed by atoms with van der Waals surface area (Å²) in [5.74, 6) is -1.08. The molecular formula is C24H23ClN2O5S. The summed E-state index contributed by atoms with van der Waals surface area (Å²) < 4.78 is 32.1. The average Bonchev–Trinajstić information content (AvgIpc) is 2.83. The molecular weight excluding hydrogens is 464 g/mol. The van der Waals surface area contributed by atoms with Crippen molar-refractivity contribution in [2.45, 2.75) is 17.4 Å². The van der Waals surface area contributed by atoms with Crippen LogP contribution in [0.2, 0.25) is 5.02 Å². The highest BCUT2D eigenvalue weighted by Crippen LogP contribution is 2.27. The third kappa shape index (κ3) is 5.71. The number of carbonyl (C=O) groups excluding carboxylic acids is 2. The molecule has 1 atom stereocenters. The van der Waals surface area contributed by atoms with E-state index in [-0.39, 0.29) is 16.9 Å². The molecule has 9 heteroatoms. The van der Waals surface area contributed by atoms with E-state index in [9.17, 15) is 18.0 Å². The summed E-state index contributed by atoms with van der Waals surface area (Å²) in [7, 11) is -1.20. The number of benzene rings is 3. The quantitative estimate of drug-likeness (QED) is 0.482. The zero-order valence-electron chi connectivity index (χ0n) is 18.1. The normalized spacial score (nSPS) is 12.0. The van der Waals surface area contributed by atoms with Crippen LogP contribution in [-0.2, 0) is 19.6 Å². The number of halogens is 1. The zero-order valence-corrected chi connectivity index (χ0v) is 19.6. The van der Waals surface area contributed by atoms with Gasteiger partial charge in [-0.1, -0.05) is 54.1 Å². The van der Waals surface area contributed by atoms with E-state index in [2.05, 4.69) is 5.32 Å². The Labute approximate surface area is 198 Å². The number of nitrogens with one attached hydrogen (secondary N) is 1. The molecule has 1 unspecified atom stereocenters. The lowest BCUT2D eigenvalue weighted by Crippen LogP contribution is -2.31. The van der Waals surface area contributed by atoms with E-state index in [1.54, 1.807) is 54.6 Å². The molecule has 0 aliphatic rings. The highest BCUT2D eigenvalue weighted by atomic mass is 35.5. The number of carbonyl (C=O) groups is 2. The smallest absolute Gasteiger partial charge is 0.307 e. The predicted molar refractivity (Wildman–Crippen MR) is 127 cm³/mol. The largest absolute Gasteiger partial charge is 0.469 e. The monoisotopic (exact) mass is 486 g/mol. The zero-order chi connectivity index (χ0) is 24.0. The Morgan fingerprint density at radius 2 is 1.67 bits per heavy atom. The fourth-order valence-electron chi connectivity index (χ4n) is 3.22. The summed E-state index contributed by atoms with van der Waals surface area (Å²) >= 11 is 6.26. The maximum absolute atomic E-state index is 13.1. The van der Waals surface area contributed by atoms with Crippen LogP contribution >= 0.6 is 11.6 Å². The molecule has 0 spiro atoms. The molecule has 0 aliphatic carbocycles. The minimum Gasteiger partial charge on any atom is -0.469 e. The molecule has 0 saturated heterocycles. The number of ether oxygens (including phenoxy) is 1. The van der Waals surface area contributed by atoms with Crippen LogP contribution in [0.1, 0.15) is 28.4 Å². The van der Waals surface area contributed by atoms with E-state index in [1.165, 1.54) is 38.4 Å². The molecule has 172 valence electrons. The van der Waals surface area contributed by atoms with Crippen LogP contribution in [-0.4, -0.2) is 34.5 Å². The minimum absolute atomic E-state index is 0.0382. The van der Waals surface area contributed by atoms with Crippen LogP contribution in [0, 0.1) is 0 Å². The molecule has 0 bridgehead atoms. The van der Waals surface area contributed by atoms with Gasteiger partial charge in [-0.2, -0.15) is 0 Å². The molecule has 0 heterocycles. The Morgan fingerprint density at radius 1 is 1.00 bits per heavy atom. The maximum Gasteiger partial charge on any atom is 0.307 e. The van der Waals surface area contributed by atoms with Gasteiger partial charge in [0.25, 0.3) is 15.9 Å². The molecule has 0 aliphatic heterocycles. The molecule has 3 aromatic rings. The van der Waals surface area contributed by atoms with Crippen molar-refractivity contribution in [1.82, 2.24) is 5.32 Å². The average molecular weight is 487 g/mol. The Kier molecular flexibility index (Phi) is 7.73. The van der Waals surface area contributed by atoms with Crippen LogP contribution in [0.15, 0.2) is 83.8 Å². The summed E-state index contributed by atoms with van der Waals surface area (Å²) in [6.07, 6.45) is -0.138. The van der Waals surface area contributed by atoms with Crippen molar-refractivity contribution in [1.29, 1.82) is 0 Å². The summed E-state index contributed by atoms with van der Waals surface area (Å²) in [4.78, 5) is 24.9. The number of sulfonamides is 1. The van der Waals surface area contributed by atoms with Crippen molar-refractivity contribution in [3.8, 4) is 0 Å². The molecule has 1 amide bonds. The van der Waals surface area contributed by atoms with Gasteiger partial charge in [-0.3, -0.25) is 13.9 Å². The summed E-state index contributed by atoms with van der Waals surface area (Å²) in [5.41, 5.74) is 1.16. The van der Waals surface area contributed by atoms with Gasteiger partial charge in [0.1, 0.15) is 0 Å². The van der Waals surface area contributed by atoms with Crippen molar-refractivity contribution < 1.29 is 22.7 Å². The van der Waals surface area contributed by atoms with Crippen LogP contribution in [0.4, 0.5) is 5.69 Å². The second-order valence-corrected chi connectivity index (χ2v) is 9.54. The second kappa shape index (κ2) is 10.5. The predicted octanol–water partition coefficient (Wildman–Crippen LogP) is 4.20. The molecule has 3 rings (SSSR count). The first-order valence-corrected chi connectivity index (χ1v) is 11.8. The van der Waals surface area contributed by atoms with Crippen LogP contribution in [0.25, 0.3) is 0 Å². The Hall–Kier alpha value is -3.36. The first kappa shape index (κ1) is 24.3. The van der Waals surface area contributed by atoms with Gasteiger partial charge >= 0.3 is 5.97 Å². The van der Waals surface area contributed by atoms with E-state index in [4.69, 9.17) is 16.3 Å². The molecule has 1 N–H and O–H groups in total. The lowest BCUT2D eigenvalue weighted by atomic mass is 10.0. The van der Waals surface area contributed by atoms with Crippen molar-refractivity contribution in [3.63, 3.8) is 0 Å². The Balaban J connectivity index is 1.89. The standard InChI is InChI=1S/C24H23ClN2O5S/c1-27(18-10-4-3-5-11-18)33(30,31)19-12-8-9-17(15-19)24(29)26-22(16-23(28)32-2)20-13-6-7-14-21(20)25/h3-15,22H,16H2,1-2H3,(H,26,29). The molecule has 0 saturated carbocycles. The van der Waals surface area contributed by atoms with Crippen molar-refractivity contribution in [2.24, 2.45) is 0 Å². The molecule has 7 nitrogen and oxygen atoms in total. The second-order valence-electron chi connectivity index (χ2n) is 7.16. The lowest BCUT2D eigenvalue weighted by Gasteiger charge is -2.21. The number of hydrogen-bond acceptors (Lipinski definition) is 5. The third-order valence-electron chi connectivity index (χ3n) is 5.06. The maximum atomic E-state index is 13.1. The number of nitrogens with zero attached hydrogens (tertiary/aromatic N) is 1. The number of methoxy groups -OCH3 is 1. The Bertz CT molecular complexity index is 1250. The summed E-state index contributed by atoms with van der Waals surface area (Å²) in [5, 5.41) is 3.14. The van der Waals surface area contributed by atoms with Gasteiger partial charge in [-0.15, -0.1) is 0 Å². The van der Waals surface area contributed by atoms with Crippen LogP contribution in [0.5, 0.6) is 0 Å². The van der Waals surface area contributed by atoms with E-state index in [1.807, 2.05) is 0 Å². The van der Waals surface area contributed by atoms with Gasteiger partial charge in [0.15, 0.2) is 0 Å². The number of para-hydroxylation sites is 1. The van der Waals surface area contributed by atoms with Gasteiger partial charge in [-0.25, -0.2) is 8.42 Å². The first-order valence-electron chi connectivity index (χ1n) is 10.00. The number of hydrogen-bond donors (Lipinski definition) is 1. The lowest BCUT2D eigenvalue weighted by molar-refractivity contribution is -0.141. The summed E-state index contributed by atoms with van der Waals surface area (Å²) in [6, 6.07) is 20.4. The van der Waals surface area contributed by atoms with Crippen molar-refractivity contribution in [3.05, 3.63) is 95.0 Å². The molecule has 0 aromatic heterocycles. The Morgan fingerprint density at radius 3 is 2.33 bits per heavy atom. The molecule has 33 heavy (non-hydrogen) atoms. The highest BCUT2D eigenvalue weighted by molar-refractivity contribution is 7.92. The number of rotatable bonds is 8. The number of esters is 1. The van der Waals surface area contributed by atoms with Gasteiger partial charge in [0.2, 0.25) is 0 Å². The van der Waals surface area contributed by atoms with Crippen LogP contribution < -0.4 is 9.62 Å². The topological polar surface area (TPSA) is 92.8 Å². The SMILES string of the molecule is COC(=O)CC(NC(=O)c1cccc(S(=O)(=O)N(C)c2ccccc2)c1)c1ccccc1Cl. The number of anilines is 1. The van der Waals surface area contributed by atoms with E-state index in [0.29, 0.717) is 16.3 Å². The van der Waals surface area contributed by atoms with Gasteiger partial charge in [-0.05, 0) is 42.0 Å². The van der Waals surface area contributed by atoms with E-state index in [0.717, 1.165) is 4.31 Å². The van der Waals surface area contributed by atoms with Crippen molar-refractivity contribution >= 4 is 39.2 Å². The molecule has 0 radical (unpaired) electrons. The third-order valence-corrected chi connectivity index (χ3v) is 7.18. The fourth-order valence-corrected chi connectivity index (χ4v) is 4.73. The van der Waals surface area contributed by atoms with Crippen molar-refractivity contribution in [2.75, 3.05) is 18.5 Å². The van der Waals surface area contributed by atoms with Gasteiger partial charge in [0, 0.05) is 17.6 Å². The van der Waals surface area contributed by atoms with E-state index >= 15 is 0 Å². The van der Waals surface area contributed by atoms with Crippen LogP contribution in [0.3, 0.4) is 0 Å². The summed E-state index contributed by atoms with van der Waals surface area (Å²) in [6.45, 7) is 0. The van der Waals surface area contributed by atoms with Gasteiger partial charge < -0.3 is 10.1 Å². The molecule has 0 fully saturated rings. The molecule has 3 aromatic carbocycles.